The molecule has 0 aliphatic carbocycles. The second kappa shape index (κ2) is 9.36. The Bertz CT molecular complexity index is 376. The average Bonchev–Trinajstić information content (AvgIpc) is 2.54. The molecule has 2 atom stereocenters. The number of piperidine rings is 2. The van der Waals surface area contributed by atoms with E-state index in [-0.39, 0.29) is 30.3 Å². The monoisotopic (exact) mass is 331 g/mol. The molecule has 1 N–H and O–H groups in total. The molecule has 6 heteroatoms. The van der Waals surface area contributed by atoms with Crippen LogP contribution in [0.1, 0.15) is 45.4 Å². The molecule has 0 aromatic heterocycles. The van der Waals surface area contributed by atoms with E-state index in [1.807, 2.05) is 23.8 Å². The van der Waals surface area contributed by atoms with Gasteiger partial charge in [-0.25, -0.2) is 0 Å². The number of likely N-dealkylation sites (tertiary alicyclic amines) is 2. The van der Waals surface area contributed by atoms with E-state index in [9.17, 15) is 9.59 Å². The number of hydrogen-bond acceptors (Lipinski definition) is 3. The van der Waals surface area contributed by atoms with Crippen LogP contribution in [0.2, 0.25) is 0 Å². The van der Waals surface area contributed by atoms with Crippen LogP contribution < -0.4 is 5.32 Å². The van der Waals surface area contributed by atoms with Crippen molar-refractivity contribution in [3.05, 3.63) is 0 Å². The molecule has 0 saturated carbocycles. The highest BCUT2D eigenvalue weighted by Gasteiger charge is 2.35. The molecule has 0 spiro atoms. The minimum absolute atomic E-state index is 0. The van der Waals surface area contributed by atoms with E-state index < -0.39 is 0 Å². The summed E-state index contributed by atoms with van der Waals surface area (Å²) < 4.78 is 0. The van der Waals surface area contributed by atoms with E-state index in [2.05, 4.69) is 5.32 Å². The lowest BCUT2D eigenvalue weighted by Crippen LogP contribution is -2.55. The molecule has 2 amide bonds. The van der Waals surface area contributed by atoms with Crippen molar-refractivity contribution in [1.29, 1.82) is 0 Å². The van der Waals surface area contributed by atoms with Gasteiger partial charge in [-0.15, -0.1) is 12.4 Å². The average molecular weight is 332 g/mol. The lowest BCUT2D eigenvalue weighted by molar-refractivity contribution is -0.148. The molecule has 0 radical (unpaired) electrons. The maximum Gasteiger partial charge on any atom is 0.245 e. The third-order valence-corrected chi connectivity index (χ3v) is 4.73. The van der Waals surface area contributed by atoms with Gasteiger partial charge in [-0.1, -0.05) is 6.92 Å². The fourth-order valence-corrected chi connectivity index (χ4v) is 3.62. The van der Waals surface area contributed by atoms with E-state index in [0.29, 0.717) is 12.3 Å². The van der Waals surface area contributed by atoms with Gasteiger partial charge in [0.25, 0.3) is 0 Å². The van der Waals surface area contributed by atoms with Gasteiger partial charge in [0, 0.05) is 26.1 Å². The summed E-state index contributed by atoms with van der Waals surface area (Å²) in [6.45, 7) is 5.28. The van der Waals surface area contributed by atoms with Crippen molar-refractivity contribution in [2.45, 2.75) is 51.5 Å². The molecule has 5 nitrogen and oxygen atoms in total. The van der Waals surface area contributed by atoms with Gasteiger partial charge < -0.3 is 15.1 Å². The van der Waals surface area contributed by atoms with Gasteiger partial charge in [0.15, 0.2) is 0 Å². The highest BCUT2D eigenvalue weighted by Crippen LogP contribution is 2.23. The van der Waals surface area contributed by atoms with Crippen LogP contribution in [0, 0.1) is 5.92 Å². The van der Waals surface area contributed by atoms with Crippen LogP contribution in [0.25, 0.3) is 0 Å². The van der Waals surface area contributed by atoms with Crippen LogP contribution in [-0.2, 0) is 9.59 Å². The van der Waals surface area contributed by atoms with Crippen molar-refractivity contribution >= 4 is 24.2 Å². The summed E-state index contributed by atoms with van der Waals surface area (Å²) in [4.78, 5) is 28.7. The fraction of sp³-hybridized carbons (Fsp3) is 0.875. The van der Waals surface area contributed by atoms with Crippen LogP contribution in [-0.4, -0.2) is 60.9 Å². The van der Waals surface area contributed by atoms with Crippen molar-refractivity contribution < 1.29 is 9.59 Å². The Kier molecular flexibility index (Phi) is 8.18. The third kappa shape index (κ3) is 4.59. The molecule has 2 unspecified atom stereocenters. The largest absolute Gasteiger partial charge is 0.341 e. The van der Waals surface area contributed by atoms with Crippen molar-refractivity contribution in [1.82, 2.24) is 15.1 Å². The lowest BCUT2D eigenvalue weighted by atomic mass is 9.95. The molecular weight excluding hydrogens is 302 g/mol. The summed E-state index contributed by atoms with van der Waals surface area (Å²) in [7, 11) is 1.96. The summed E-state index contributed by atoms with van der Waals surface area (Å²) in [5.74, 6) is 0.848. The quantitative estimate of drug-likeness (QED) is 0.852. The van der Waals surface area contributed by atoms with Crippen LogP contribution in [0.3, 0.4) is 0 Å². The predicted molar refractivity (Wildman–Crippen MR) is 90.1 cm³/mol. The van der Waals surface area contributed by atoms with Crippen molar-refractivity contribution in [2.24, 2.45) is 5.92 Å². The molecule has 2 heterocycles. The first-order valence-electron chi connectivity index (χ1n) is 8.40. The Hall–Kier alpha value is -0.810. The molecule has 0 bridgehead atoms. The standard InChI is InChI=1S/C16H29N3O2.ClH/c1-3-15(20)19-10-5-4-8-14(19)16(21)18-9-6-7-13(12-18)11-17-2;/h13-14,17H,3-12H2,1-2H3;1H. The Morgan fingerprint density at radius 1 is 1.14 bits per heavy atom. The van der Waals surface area contributed by atoms with Gasteiger partial charge in [0.1, 0.15) is 6.04 Å². The summed E-state index contributed by atoms with van der Waals surface area (Å²) in [5.41, 5.74) is 0. The molecule has 2 fully saturated rings. The highest BCUT2D eigenvalue weighted by atomic mass is 35.5. The minimum Gasteiger partial charge on any atom is -0.341 e. The van der Waals surface area contributed by atoms with Crippen molar-refractivity contribution in [3.8, 4) is 0 Å². The van der Waals surface area contributed by atoms with Crippen molar-refractivity contribution in [3.63, 3.8) is 0 Å². The maximum absolute atomic E-state index is 12.8. The number of amides is 2. The van der Waals surface area contributed by atoms with Crippen LogP contribution in [0.4, 0.5) is 0 Å². The molecule has 128 valence electrons. The van der Waals surface area contributed by atoms with Gasteiger partial charge in [-0.05, 0) is 51.6 Å². The zero-order valence-electron chi connectivity index (χ0n) is 13.8. The topological polar surface area (TPSA) is 52.7 Å². The number of carbonyl (C=O) groups excluding carboxylic acids is 2. The summed E-state index contributed by atoms with van der Waals surface area (Å²) >= 11 is 0. The zero-order valence-corrected chi connectivity index (χ0v) is 14.7. The molecule has 0 aromatic rings. The summed E-state index contributed by atoms with van der Waals surface area (Å²) in [6.07, 6.45) is 5.67. The summed E-state index contributed by atoms with van der Waals surface area (Å²) in [6, 6.07) is -0.209. The van der Waals surface area contributed by atoms with Crippen LogP contribution in [0.5, 0.6) is 0 Å². The number of carbonyl (C=O) groups is 2. The molecule has 0 aromatic carbocycles. The first kappa shape index (κ1) is 19.2. The zero-order chi connectivity index (χ0) is 15.2. The van der Waals surface area contributed by atoms with E-state index in [1.165, 1.54) is 6.42 Å². The van der Waals surface area contributed by atoms with Crippen LogP contribution in [0.15, 0.2) is 0 Å². The first-order chi connectivity index (χ1) is 10.2. The second-order valence-electron chi connectivity index (χ2n) is 6.30. The maximum atomic E-state index is 12.8. The highest BCUT2D eigenvalue weighted by molar-refractivity contribution is 5.88. The minimum atomic E-state index is -0.209. The predicted octanol–water partition coefficient (Wildman–Crippen LogP) is 1.66. The van der Waals surface area contributed by atoms with E-state index in [4.69, 9.17) is 0 Å². The van der Waals surface area contributed by atoms with Gasteiger partial charge >= 0.3 is 0 Å². The Morgan fingerprint density at radius 2 is 1.91 bits per heavy atom. The molecule has 2 aliphatic rings. The molecule has 2 saturated heterocycles. The fourth-order valence-electron chi connectivity index (χ4n) is 3.62. The van der Waals surface area contributed by atoms with E-state index in [0.717, 1.165) is 51.9 Å². The number of hydrogen-bond donors (Lipinski definition) is 1. The molecule has 2 rings (SSSR count). The van der Waals surface area contributed by atoms with E-state index in [1.54, 1.807) is 0 Å². The van der Waals surface area contributed by atoms with Gasteiger partial charge in [0.2, 0.25) is 11.8 Å². The Balaban J connectivity index is 0.00000242. The summed E-state index contributed by atoms with van der Waals surface area (Å²) in [5, 5.41) is 3.21. The second-order valence-corrected chi connectivity index (χ2v) is 6.30. The smallest absolute Gasteiger partial charge is 0.245 e. The molecular formula is C16H30ClN3O2. The third-order valence-electron chi connectivity index (χ3n) is 4.73. The SMILES string of the molecule is CCC(=O)N1CCCCC1C(=O)N1CCCC(CNC)C1.Cl. The lowest BCUT2D eigenvalue weighted by Gasteiger charge is -2.40. The van der Waals surface area contributed by atoms with E-state index >= 15 is 0 Å². The van der Waals surface area contributed by atoms with Crippen molar-refractivity contribution in [2.75, 3.05) is 33.2 Å². The Morgan fingerprint density at radius 3 is 2.59 bits per heavy atom. The van der Waals surface area contributed by atoms with Gasteiger partial charge in [-0.2, -0.15) is 0 Å². The number of nitrogens with one attached hydrogen (secondary N) is 1. The van der Waals surface area contributed by atoms with Gasteiger partial charge in [0.05, 0.1) is 0 Å². The first-order valence-corrected chi connectivity index (χ1v) is 8.40. The van der Waals surface area contributed by atoms with Crippen LogP contribution >= 0.6 is 12.4 Å². The normalized spacial score (nSPS) is 25.5. The number of halogens is 1. The van der Waals surface area contributed by atoms with Gasteiger partial charge in [-0.3, -0.25) is 9.59 Å². The Labute approximate surface area is 140 Å². The molecule has 22 heavy (non-hydrogen) atoms. The molecule has 2 aliphatic heterocycles. The number of rotatable bonds is 4. The number of nitrogens with zero attached hydrogens (tertiary/aromatic N) is 2.